The second-order valence-electron chi connectivity index (χ2n) is 1.30. The first kappa shape index (κ1) is 6.11. The SMILES string of the molecule is [Na][c]1cc(S)ns1. The summed E-state index contributed by atoms with van der Waals surface area (Å²) < 4.78 is 5.31. The third-order valence-electron chi connectivity index (χ3n) is 0.616. The van der Waals surface area contributed by atoms with Crippen LogP contribution in [0.5, 0.6) is 0 Å². The summed E-state index contributed by atoms with van der Waals surface area (Å²) >= 11 is 6.67. The summed E-state index contributed by atoms with van der Waals surface area (Å²) in [5.41, 5.74) is 0. The Kier molecular flexibility index (Phi) is 2.19. The van der Waals surface area contributed by atoms with Gasteiger partial charge in [0.2, 0.25) is 0 Å². The molecule has 0 atom stereocenters. The molecule has 0 aliphatic carbocycles. The molecule has 0 saturated heterocycles. The molecule has 0 N–H and O–H groups in total. The average Bonchev–Trinajstić information content (AvgIpc) is 1.87. The standard InChI is InChI=1S/C3H2NS2.Na/c5-3-1-2-6-4-3;/h1H,(H,4,5);. The fraction of sp³-hybridized carbons (Fsp3) is 0. The topological polar surface area (TPSA) is 12.9 Å². The van der Waals surface area contributed by atoms with Crippen molar-refractivity contribution in [2.24, 2.45) is 0 Å². The zero-order valence-electron chi connectivity index (χ0n) is 3.88. The van der Waals surface area contributed by atoms with Gasteiger partial charge in [-0.05, 0) is 0 Å². The second-order valence-corrected chi connectivity index (χ2v) is 4.57. The van der Waals surface area contributed by atoms with Crippen LogP contribution in [0.1, 0.15) is 0 Å². The minimum absolute atomic E-state index is 0.856. The van der Waals surface area contributed by atoms with Crippen LogP contribution in [-0.2, 0) is 0 Å². The Morgan fingerprint density at radius 2 is 2.57 bits per heavy atom. The molecular formula is C3H2NNaS2. The monoisotopic (exact) mass is 139 g/mol. The van der Waals surface area contributed by atoms with Crippen molar-refractivity contribution >= 4 is 54.2 Å². The normalized spacial score (nSPS) is 9.57. The van der Waals surface area contributed by atoms with Gasteiger partial charge in [0.15, 0.2) is 0 Å². The van der Waals surface area contributed by atoms with Crippen LogP contribution in [0.15, 0.2) is 11.1 Å². The summed E-state index contributed by atoms with van der Waals surface area (Å²) in [5.74, 6) is 0. The van der Waals surface area contributed by atoms with Gasteiger partial charge in [0.25, 0.3) is 0 Å². The Labute approximate surface area is 69.1 Å². The number of hydrogen-bond acceptors (Lipinski definition) is 3. The van der Waals surface area contributed by atoms with E-state index >= 15 is 0 Å². The fourth-order valence-corrected chi connectivity index (χ4v) is 2.00. The first-order valence-electron chi connectivity index (χ1n) is 1.91. The molecule has 32 valence electrons. The molecule has 1 rings (SSSR count). The van der Waals surface area contributed by atoms with E-state index in [1.54, 1.807) is 0 Å². The van der Waals surface area contributed by atoms with Gasteiger partial charge in [-0.2, -0.15) is 0 Å². The number of hydrogen-bond donors (Lipinski definition) is 1. The summed E-state index contributed by atoms with van der Waals surface area (Å²) in [6, 6.07) is 2.00. The van der Waals surface area contributed by atoms with Gasteiger partial charge in [0.1, 0.15) is 0 Å². The third-order valence-corrected chi connectivity index (χ3v) is 2.51. The maximum atomic E-state index is 4.03. The van der Waals surface area contributed by atoms with Gasteiger partial charge in [-0.1, -0.05) is 0 Å². The first-order valence-corrected chi connectivity index (χ1v) is 4.13. The van der Waals surface area contributed by atoms with Gasteiger partial charge in [-0.15, -0.1) is 0 Å². The quantitative estimate of drug-likeness (QED) is 0.401. The molecule has 1 aromatic heterocycles. The maximum absolute atomic E-state index is 4.03. The summed E-state index contributed by atoms with van der Waals surface area (Å²) in [6.45, 7) is 0. The molecule has 1 heterocycles. The van der Waals surface area contributed by atoms with Crippen LogP contribution in [0.3, 0.4) is 0 Å². The molecule has 0 aliphatic heterocycles. The van der Waals surface area contributed by atoms with Crippen molar-refractivity contribution in [3.63, 3.8) is 0 Å². The van der Waals surface area contributed by atoms with Crippen LogP contribution in [0.25, 0.3) is 0 Å². The Morgan fingerprint density at radius 1 is 1.86 bits per heavy atom. The van der Waals surface area contributed by atoms with Crippen LogP contribution in [0, 0.1) is 0 Å². The molecule has 0 spiro atoms. The molecule has 0 aromatic carbocycles. The number of rotatable bonds is 0. The van der Waals surface area contributed by atoms with E-state index in [0.29, 0.717) is 0 Å². The zero-order valence-corrected chi connectivity index (χ0v) is 7.59. The van der Waals surface area contributed by atoms with E-state index in [0.717, 1.165) is 33.0 Å². The van der Waals surface area contributed by atoms with E-state index in [4.69, 9.17) is 0 Å². The molecule has 1 nitrogen and oxygen atoms in total. The summed E-state index contributed by atoms with van der Waals surface area (Å²) in [7, 11) is 0. The summed E-state index contributed by atoms with van der Waals surface area (Å²) in [6.07, 6.45) is 0. The molecule has 0 fully saturated rings. The van der Waals surface area contributed by atoms with E-state index in [9.17, 15) is 0 Å². The van der Waals surface area contributed by atoms with Gasteiger partial charge in [-0.25, -0.2) is 0 Å². The molecule has 0 saturated carbocycles. The Morgan fingerprint density at radius 3 is 2.71 bits per heavy atom. The summed E-state index contributed by atoms with van der Waals surface area (Å²) in [4.78, 5) is 0. The molecule has 1 aromatic rings. The molecule has 7 heavy (non-hydrogen) atoms. The average molecular weight is 139 g/mol. The van der Waals surface area contributed by atoms with Gasteiger partial charge >= 0.3 is 69.7 Å². The van der Waals surface area contributed by atoms with E-state index in [2.05, 4.69) is 17.0 Å². The van der Waals surface area contributed by atoms with Crippen LogP contribution >= 0.6 is 24.2 Å². The van der Waals surface area contributed by atoms with Gasteiger partial charge in [0.05, 0.1) is 0 Å². The molecule has 4 heteroatoms. The van der Waals surface area contributed by atoms with Gasteiger partial charge in [0, 0.05) is 0 Å². The molecule has 0 bridgehead atoms. The van der Waals surface area contributed by atoms with E-state index in [-0.39, 0.29) is 0 Å². The van der Waals surface area contributed by atoms with Crippen molar-refractivity contribution in [3.8, 4) is 0 Å². The fourth-order valence-electron chi connectivity index (χ4n) is 0.353. The van der Waals surface area contributed by atoms with Crippen molar-refractivity contribution in [2.45, 2.75) is 5.03 Å². The van der Waals surface area contributed by atoms with Gasteiger partial charge < -0.3 is 0 Å². The molecule has 0 unspecified atom stereocenters. The van der Waals surface area contributed by atoms with E-state index < -0.39 is 0 Å². The number of nitrogens with zero attached hydrogens (tertiary/aromatic N) is 1. The predicted octanol–water partition coefficient (Wildman–Crippen LogP) is 0.226. The Bertz CT molecular complexity index is 145. The van der Waals surface area contributed by atoms with Crippen molar-refractivity contribution in [3.05, 3.63) is 6.07 Å². The Balaban J connectivity index is 3.04. The molecule has 0 amide bonds. The number of thiol groups is 1. The Hall–Kier alpha value is 0.980. The molecule has 0 aliphatic rings. The van der Waals surface area contributed by atoms with Crippen molar-refractivity contribution in [1.29, 1.82) is 0 Å². The van der Waals surface area contributed by atoms with E-state index in [1.165, 1.54) is 13.7 Å². The van der Waals surface area contributed by atoms with Crippen LogP contribution in [-0.4, -0.2) is 32.3 Å². The second kappa shape index (κ2) is 2.51. The van der Waals surface area contributed by atoms with Crippen molar-refractivity contribution < 1.29 is 0 Å². The van der Waals surface area contributed by atoms with Crippen LogP contribution in [0.2, 0.25) is 0 Å². The number of aromatic nitrogens is 1. The minimum atomic E-state index is 0.856. The van der Waals surface area contributed by atoms with Crippen molar-refractivity contribution in [2.75, 3.05) is 0 Å². The molecule has 0 radical (unpaired) electrons. The summed E-state index contributed by atoms with van der Waals surface area (Å²) in [5, 5.41) is 0.856. The van der Waals surface area contributed by atoms with Gasteiger partial charge in [-0.3, -0.25) is 0 Å². The van der Waals surface area contributed by atoms with Crippen LogP contribution < -0.4 is 2.13 Å². The molecular weight excluding hydrogens is 137 g/mol. The predicted molar refractivity (Wildman–Crippen MR) is 34.8 cm³/mol. The van der Waals surface area contributed by atoms with E-state index in [1.807, 2.05) is 6.07 Å². The third kappa shape index (κ3) is 1.74. The van der Waals surface area contributed by atoms with Crippen LogP contribution in [0.4, 0.5) is 0 Å². The van der Waals surface area contributed by atoms with Crippen molar-refractivity contribution in [1.82, 2.24) is 4.37 Å². The first-order chi connectivity index (χ1) is 3.29. The zero-order chi connectivity index (χ0) is 5.28.